The molecule has 0 aromatic heterocycles. The monoisotopic (exact) mass is 228 g/mol. The Morgan fingerprint density at radius 3 is 2.31 bits per heavy atom. The molecule has 0 bridgehead atoms. The largest absolute Gasteiger partial charge is 0.392 e. The predicted octanol–water partition coefficient (Wildman–Crippen LogP) is 3.38. The fourth-order valence-electron chi connectivity index (χ4n) is 2.54. The van der Waals surface area contributed by atoms with Crippen molar-refractivity contribution < 1.29 is 9.84 Å². The van der Waals surface area contributed by atoms with Gasteiger partial charge < -0.3 is 9.84 Å². The van der Waals surface area contributed by atoms with Crippen LogP contribution in [0.15, 0.2) is 0 Å². The molecule has 0 saturated carbocycles. The lowest BCUT2D eigenvalue weighted by Crippen LogP contribution is -2.51. The first-order valence-electron chi connectivity index (χ1n) is 6.94. The standard InChI is InChI=1S/C14H28O2/c1-4-7-8-12(5-2)9-13(15)14(6-3)10-16-11-14/h12-13,15H,4-11H2,1-3H3. The number of aliphatic hydroxyl groups is 1. The molecule has 96 valence electrons. The van der Waals surface area contributed by atoms with Crippen molar-refractivity contribution in [2.45, 2.75) is 65.4 Å². The average Bonchev–Trinajstić information content (AvgIpc) is 2.23. The highest BCUT2D eigenvalue weighted by molar-refractivity contribution is 4.91. The highest BCUT2D eigenvalue weighted by Crippen LogP contribution is 2.38. The molecule has 1 rings (SSSR count). The summed E-state index contributed by atoms with van der Waals surface area (Å²) in [6.45, 7) is 8.15. The van der Waals surface area contributed by atoms with Gasteiger partial charge in [-0.05, 0) is 18.8 Å². The van der Waals surface area contributed by atoms with E-state index in [0.29, 0.717) is 5.92 Å². The molecule has 2 heteroatoms. The van der Waals surface area contributed by atoms with Gasteiger partial charge in [-0.15, -0.1) is 0 Å². The van der Waals surface area contributed by atoms with Gasteiger partial charge in [-0.2, -0.15) is 0 Å². The molecular weight excluding hydrogens is 200 g/mol. The number of unbranched alkanes of at least 4 members (excludes halogenated alkanes) is 1. The summed E-state index contributed by atoms with van der Waals surface area (Å²) in [6, 6.07) is 0. The molecule has 16 heavy (non-hydrogen) atoms. The third-order valence-corrected chi connectivity index (χ3v) is 4.29. The summed E-state index contributed by atoms with van der Waals surface area (Å²) in [5.74, 6) is 0.693. The van der Waals surface area contributed by atoms with E-state index in [1.807, 2.05) is 0 Å². The molecular formula is C14H28O2. The molecule has 0 radical (unpaired) electrons. The zero-order valence-electron chi connectivity index (χ0n) is 11.2. The van der Waals surface area contributed by atoms with Crippen LogP contribution in [-0.4, -0.2) is 24.4 Å². The maximum Gasteiger partial charge on any atom is 0.0643 e. The van der Waals surface area contributed by atoms with Crippen molar-refractivity contribution in [2.24, 2.45) is 11.3 Å². The molecule has 2 unspecified atom stereocenters. The lowest BCUT2D eigenvalue weighted by Gasteiger charge is -2.45. The number of hydrogen-bond acceptors (Lipinski definition) is 2. The summed E-state index contributed by atoms with van der Waals surface area (Å²) in [4.78, 5) is 0. The Labute approximate surface area is 100 Å². The third kappa shape index (κ3) is 3.21. The Morgan fingerprint density at radius 2 is 1.94 bits per heavy atom. The van der Waals surface area contributed by atoms with E-state index in [1.165, 1.54) is 25.7 Å². The Balaban J connectivity index is 2.38. The summed E-state index contributed by atoms with van der Waals surface area (Å²) < 4.78 is 5.29. The van der Waals surface area contributed by atoms with Crippen LogP contribution in [0.2, 0.25) is 0 Å². The van der Waals surface area contributed by atoms with Crippen LogP contribution in [0.5, 0.6) is 0 Å². The van der Waals surface area contributed by atoms with E-state index in [1.54, 1.807) is 0 Å². The summed E-state index contributed by atoms with van der Waals surface area (Å²) in [5.41, 5.74) is 0.0830. The number of rotatable bonds is 8. The fraction of sp³-hybridized carbons (Fsp3) is 1.00. The number of aliphatic hydroxyl groups excluding tert-OH is 1. The van der Waals surface area contributed by atoms with Crippen molar-refractivity contribution in [2.75, 3.05) is 13.2 Å². The van der Waals surface area contributed by atoms with Crippen LogP contribution in [0.3, 0.4) is 0 Å². The van der Waals surface area contributed by atoms with E-state index >= 15 is 0 Å². The molecule has 0 aromatic rings. The van der Waals surface area contributed by atoms with Crippen molar-refractivity contribution in [1.82, 2.24) is 0 Å². The van der Waals surface area contributed by atoms with Crippen molar-refractivity contribution in [3.63, 3.8) is 0 Å². The van der Waals surface area contributed by atoms with Gasteiger partial charge in [0.25, 0.3) is 0 Å². The van der Waals surface area contributed by atoms with Crippen LogP contribution in [0, 0.1) is 11.3 Å². The molecule has 1 N–H and O–H groups in total. The average molecular weight is 228 g/mol. The highest BCUT2D eigenvalue weighted by atomic mass is 16.5. The second kappa shape index (κ2) is 6.61. The molecule has 1 heterocycles. The smallest absolute Gasteiger partial charge is 0.0643 e. The van der Waals surface area contributed by atoms with Crippen LogP contribution in [0.25, 0.3) is 0 Å². The molecule has 0 amide bonds. The molecule has 1 saturated heterocycles. The lowest BCUT2D eigenvalue weighted by molar-refractivity contribution is -0.177. The normalized spacial score (nSPS) is 22.5. The molecule has 2 nitrogen and oxygen atoms in total. The van der Waals surface area contributed by atoms with Crippen molar-refractivity contribution in [3.8, 4) is 0 Å². The zero-order valence-corrected chi connectivity index (χ0v) is 11.2. The van der Waals surface area contributed by atoms with Crippen LogP contribution in [0.4, 0.5) is 0 Å². The molecule has 0 aromatic carbocycles. The third-order valence-electron chi connectivity index (χ3n) is 4.29. The molecule has 0 aliphatic carbocycles. The highest BCUT2D eigenvalue weighted by Gasteiger charge is 2.43. The maximum absolute atomic E-state index is 10.3. The van der Waals surface area contributed by atoms with E-state index in [-0.39, 0.29) is 11.5 Å². The Bertz CT molecular complexity index is 182. The first kappa shape index (κ1) is 14.0. The van der Waals surface area contributed by atoms with Crippen LogP contribution in [-0.2, 0) is 4.74 Å². The van der Waals surface area contributed by atoms with Gasteiger partial charge >= 0.3 is 0 Å². The van der Waals surface area contributed by atoms with Gasteiger partial charge in [-0.3, -0.25) is 0 Å². The minimum absolute atomic E-state index is 0.0830. The maximum atomic E-state index is 10.3. The summed E-state index contributed by atoms with van der Waals surface area (Å²) >= 11 is 0. The van der Waals surface area contributed by atoms with E-state index < -0.39 is 0 Å². The van der Waals surface area contributed by atoms with E-state index in [0.717, 1.165) is 26.1 Å². The molecule has 2 atom stereocenters. The topological polar surface area (TPSA) is 29.5 Å². The minimum atomic E-state index is -0.159. The van der Waals surface area contributed by atoms with Gasteiger partial charge in [-0.25, -0.2) is 0 Å². The van der Waals surface area contributed by atoms with Gasteiger partial charge in [0.2, 0.25) is 0 Å². The van der Waals surface area contributed by atoms with Crippen molar-refractivity contribution in [3.05, 3.63) is 0 Å². The quantitative estimate of drug-likeness (QED) is 0.690. The lowest BCUT2D eigenvalue weighted by atomic mass is 9.74. The first-order valence-corrected chi connectivity index (χ1v) is 6.94. The molecule has 1 aliphatic rings. The fourth-order valence-corrected chi connectivity index (χ4v) is 2.54. The van der Waals surface area contributed by atoms with Gasteiger partial charge in [0.05, 0.1) is 19.3 Å². The number of hydrogen-bond donors (Lipinski definition) is 1. The minimum Gasteiger partial charge on any atom is -0.392 e. The SMILES string of the molecule is CCCCC(CC)CC(O)C1(CC)COC1. The molecule has 1 aliphatic heterocycles. The van der Waals surface area contributed by atoms with Gasteiger partial charge in [0.1, 0.15) is 0 Å². The van der Waals surface area contributed by atoms with Gasteiger partial charge in [0.15, 0.2) is 0 Å². The van der Waals surface area contributed by atoms with Crippen molar-refractivity contribution >= 4 is 0 Å². The summed E-state index contributed by atoms with van der Waals surface area (Å²) in [6.07, 6.45) is 6.86. The zero-order chi connectivity index (χ0) is 12.0. The van der Waals surface area contributed by atoms with E-state index in [4.69, 9.17) is 4.74 Å². The summed E-state index contributed by atoms with van der Waals surface area (Å²) in [7, 11) is 0. The second-order valence-corrected chi connectivity index (χ2v) is 5.38. The second-order valence-electron chi connectivity index (χ2n) is 5.38. The van der Waals surface area contributed by atoms with Crippen LogP contribution >= 0.6 is 0 Å². The van der Waals surface area contributed by atoms with Crippen LogP contribution in [0.1, 0.15) is 59.3 Å². The van der Waals surface area contributed by atoms with E-state index in [9.17, 15) is 5.11 Å². The summed E-state index contributed by atoms with van der Waals surface area (Å²) in [5, 5.41) is 10.3. The Morgan fingerprint density at radius 1 is 1.25 bits per heavy atom. The van der Waals surface area contributed by atoms with E-state index in [2.05, 4.69) is 20.8 Å². The predicted molar refractivity (Wildman–Crippen MR) is 67.5 cm³/mol. The number of ether oxygens (including phenoxy) is 1. The Kier molecular flexibility index (Phi) is 5.77. The Hall–Kier alpha value is -0.0800. The molecule has 1 fully saturated rings. The van der Waals surface area contributed by atoms with Crippen molar-refractivity contribution in [1.29, 1.82) is 0 Å². The van der Waals surface area contributed by atoms with Gasteiger partial charge in [-0.1, -0.05) is 46.5 Å². The van der Waals surface area contributed by atoms with Gasteiger partial charge in [0, 0.05) is 5.41 Å². The van der Waals surface area contributed by atoms with Crippen LogP contribution < -0.4 is 0 Å². The first-order chi connectivity index (χ1) is 7.68. The molecule has 0 spiro atoms.